The molecule has 2 aromatic rings. The summed E-state index contributed by atoms with van der Waals surface area (Å²) in [4.78, 5) is 4.70. The number of rotatable bonds is 4. The number of nitrogens with zero attached hydrogens (tertiary/aromatic N) is 2. The predicted molar refractivity (Wildman–Crippen MR) is 85.6 cm³/mol. The number of aryl methyl sites for hydroxylation is 1. The number of hydrogen-bond acceptors (Lipinski definition) is 2. The van der Waals surface area contributed by atoms with Crippen molar-refractivity contribution in [3.05, 3.63) is 30.1 Å². The Hall–Kier alpha value is -1.35. The van der Waals surface area contributed by atoms with Gasteiger partial charge in [0.25, 0.3) is 0 Å². The van der Waals surface area contributed by atoms with E-state index in [9.17, 15) is 0 Å². The van der Waals surface area contributed by atoms with Crippen LogP contribution in [0.25, 0.3) is 11.0 Å². The van der Waals surface area contributed by atoms with E-state index in [2.05, 4.69) is 57.5 Å². The number of aromatic nitrogens is 2. The average Bonchev–Trinajstić information content (AvgIpc) is 2.65. The van der Waals surface area contributed by atoms with Gasteiger partial charge in [-0.15, -0.1) is 0 Å². The summed E-state index contributed by atoms with van der Waals surface area (Å²) in [6.07, 6.45) is 1.87. The van der Waals surface area contributed by atoms with Gasteiger partial charge in [0.1, 0.15) is 5.82 Å². The first-order valence-corrected chi connectivity index (χ1v) is 7.45. The van der Waals surface area contributed by atoms with Gasteiger partial charge < -0.3 is 10.3 Å². The number of hydrogen-bond donors (Lipinski definition) is 1. The molecule has 1 heterocycles. The molecule has 3 heteroatoms. The second-order valence-electron chi connectivity index (χ2n) is 7.04. The lowest BCUT2D eigenvalue weighted by atomic mass is 9.78. The largest absolute Gasteiger partial charge is 0.331 e. The van der Waals surface area contributed by atoms with E-state index >= 15 is 0 Å². The standard InChI is InChI=1S/C17H27N3/c1-12(17(2,3)4)10-13(18)11-16-19-14-8-6-7-9-15(14)20(16)5/h6-9,12-13H,10-11,18H2,1-5H3. The second kappa shape index (κ2) is 5.57. The first kappa shape index (κ1) is 15.0. The van der Waals surface area contributed by atoms with Gasteiger partial charge in [0.2, 0.25) is 0 Å². The first-order valence-electron chi connectivity index (χ1n) is 7.45. The zero-order chi connectivity index (χ0) is 14.9. The van der Waals surface area contributed by atoms with E-state index in [1.165, 1.54) is 5.52 Å². The van der Waals surface area contributed by atoms with Crippen molar-refractivity contribution in [1.29, 1.82) is 0 Å². The molecule has 2 rings (SSSR count). The van der Waals surface area contributed by atoms with Gasteiger partial charge in [0.15, 0.2) is 0 Å². The molecular formula is C17H27N3. The molecule has 20 heavy (non-hydrogen) atoms. The number of imidazole rings is 1. The molecule has 0 aliphatic carbocycles. The van der Waals surface area contributed by atoms with Gasteiger partial charge in [-0.3, -0.25) is 0 Å². The molecule has 3 nitrogen and oxygen atoms in total. The fourth-order valence-corrected chi connectivity index (χ4v) is 2.50. The Bertz CT molecular complexity index is 577. The van der Waals surface area contributed by atoms with Crippen LogP contribution in [0.4, 0.5) is 0 Å². The molecule has 1 aromatic carbocycles. The zero-order valence-electron chi connectivity index (χ0n) is 13.4. The summed E-state index contributed by atoms with van der Waals surface area (Å²) >= 11 is 0. The Labute approximate surface area is 122 Å². The minimum Gasteiger partial charge on any atom is -0.331 e. The van der Waals surface area contributed by atoms with Crippen LogP contribution in [0.15, 0.2) is 24.3 Å². The number of fused-ring (bicyclic) bond motifs is 1. The van der Waals surface area contributed by atoms with Crippen molar-refractivity contribution in [2.75, 3.05) is 0 Å². The van der Waals surface area contributed by atoms with Crippen molar-refractivity contribution < 1.29 is 0 Å². The second-order valence-corrected chi connectivity index (χ2v) is 7.04. The monoisotopic (exact) mass is 273 g/mol. The highest BCUT2D eigenvalue weighted by Gasteiger charge is 2.23. The molecule has 0 aliphatic rings. The van der Waals surface area contributed by atoms with Crippen LogP contribution in [0.2, 0.25) is 0 Å². The van der Waals surface area contributed by atoms with Gasteiger partial charge in [-0.2, -0.15) is 0 Å². The summed E-state index contributed by atoms with van der Waals surface area (Å²) in [5, 5.41) is 0. The lowest BCUT2D eigenvalue weighted by molar-refractivity contribution is 0.232. The van der Waals surface area contributed by atoms with Crippen molar-refractivity contribution in [1.82, 2.24) is 9.55 Å². The molecule has 1 aromatic heterocycles. The molecule has 0 saturated heterocycles. The Morgan fingerprint density at radius 2 is 1.90 bits per heavy atom. The molecule has 2 N–H and O–H groups in total. The van der Waals surface area contributed by atoms with Gasteiger partial charge in [-0.1, -0.05) is 39.8 Å². The van der Waals surface area contributed by atoms with E-state index in [0.29, 0.717) is 11.3 Å². The van der Waals surface area contributed by atoms with Gasteiger partial charge in [-0.25, -0.2) is 4.98 Å². The van der Waals surface area contributed by atoms with Crippen LogP contribution >= 0.6 is 0 Å². The zero-order valence-corrected chi connectivity index (χ0v) is 13.4. The van der Waals surface area contributed by atoms with Crippen molar-refractivity contribution >= 4 is 11.0 Å². The third-order valence-corrected chi connectivity index (χ3v) is 4.46. The Kier molecular flexibility index (Phi) is 4.19. The first-order chi connectivity index (χ1) is 9.29. The Morgan fingerprint density at radius 1 is 1.25 bits per heavy atom. The highest BCUT2D eigenvalue weighted by atomic mass is 15.1. The molecule has 0 saturated carbocycles. The molecule has 2 atom stereocenters. The molecule has 110 valence electrons. The van der Waals surface area contributed by atoms with E-state index < -0.39 is 0 Å². The number of benzene rings is 1. The van der Waals surface area contributed by atoms with Gasteiger partial charge in [-0.05, 0) is 29.9 Å². The summed E-state index contributed by atoms with van der Waals surface area (Å²) in [7, 11) is 2.07. The lowest BCUT2D eigenvalue weighted by Crippen LogP contribution is -2.30. The van der Waals surface area contributed by atoms with Crippen LogP contribution in [0.1, 0.15) is 39.9 Å². The van der Waals surface area contributed by atoms with Crippen LogP contribution in [-0.2, 0) is 13.5 Å². The Morgan fingerprint density at radius 3 is 2.50 bits per heavy atom. The predicted octanol–water partition coefficient (Wildman–Crippen LogP) is 3.52. The highest BCUT2D eigenvalue weighted by Crippen LogP contribution is 2.29. The van der Waals surface area contributed by atoms with Crippen LogP contribution in [0.3, 0.4) is 0 Å². The third kappa shape index (κ3) is 3.21. The average molecular weight is 273 g/mol. The topological polar surface area (TPSA) is 43.8 Å². The normalized spacial score (nSPS) is 15.5. The molecule has 0 fully saturated rings. The van der Waals surface area contributed by atoms with Crippen molar-refractivity contribution in [2.24, 2.45) is 24.1 Å². The summed E-state index contributed by atoms with van der Waals surface area (Å²) in [6, 6.07) is 8.41. The Balaban J connectivity index is 2.10. The maximum atomic E-state index is 6.34. The molecular weight excluding hydrogens is 246 g/mol. The van der Waals surface area contributed by atoms with E-state index in [1.54, 1.807) is 0 Å². The van der Waals surface area contributed by atoms with E-state index in [-0.39, 0.29) is 6.04 Å². The van der Waals surface area contributed by atoms with E-state index in [0.717, 1.165) is 24.2 Å². The molecule has 0 spiro atoms. The molecule has 0 aliphatic heterocycles. The van der Waals surface area contributed by atoms with Crippen LogP contribution in [0.5, 0.6) is 0 Å². The van der Waals surface area contributed by atoms with Crippen LogP contribution in [-0.4, -0.2) is 15.6 Å². The van der Waals surface area contributed by atoms with Crippen LogP contribution < -0.4 is 5.73 Å². The summed E-state index contributed by atoms with van der Waals surface area (Å²) in [5.74, 6) is 1.69. The minimum absolute atomic E-state index is 0.166. The van der Waals surface area contributed by atoms with Crippen molar-refractivity contribution in [3.63, 3.8) is 0 Å². The van der Waals surface area contributed by atoms with Gasteiger partial charge in [0.05, 0.1) is 11.0 Å². The number of para-hydroxylation sites is 2. The quantitative estimate of drug-likeness (QED) is 0.926. The van der Waals surface area contributed by atoms with E-state index in [1.807, 2.05) is 6.07 Å². The van der Waals surface area contributed by atoms with Crippen molar-refractivity contribution in [3.8, 4) is 0 Å². The maximum absolute atomic E-state index is 6.34. The molecule has 0 radical (unpaired) electrons. The summed E-state index contributed by atoms with van der Waals surface area (Å²) in [5.41, 5.74) is 8.89. The molecule has 2 unspecified atom stereocenters. The SMILES string of the molecule is CC(CC(N)Cc1nc2ccccc2n1C)C(C)(C)C. The maximum Gasteiger partial charge on any atom is 0.111 e. The van der Waals surface area contributed by atoms with Gasteiger partial charge >= 0.3 is 0 Å². The molecule has 0 bridgehead atoms. The number of nitrogens with two attached hydrogens (primary N) is 1. The highest BCUT2D eigenvalue weighted by molar-refractivity contribution is 5.75. The summed E-state index contributed by atoms with van der Waals surface area (Å²) in [6.45, 7) is 9.12. The van der Waals surface area contributed by atoms with E-state index in [4.69, 9.17) is 10.7 Å². The third-order valence-electron chi connectivity index (χ3n) is 4.46. The summed E-state index contributed by atoms with van der Waals surface area (Å²) < 4.78 is 2.16. The van der Waals surface area contributed by atoms with Crippen LogP contribution in [0, 0.1) is 11.3 Å². The smallest absolute Gasteiger partial charge is 0.111 e. The van der Waals surface area contributed by atoms with Gasteiger partial charge in [0, 0.05) is 19.5 Å². The molecule has 0 amide bonds. The lowest BCUT2D eigenvalue weighted by Gasteiger charge is -2.29. The fraction of sp³-hybridized carbons (Fsp3) is 0.588. The minimum atomic E-state index is 0.166. The van der Waals surface area contributed by atoms with Crippen molar-refractivity contribution in [2.45, 2.75) is 46.6 Å². The fourth-order valence-electron chi connectivity index (χ4n) is 2.50.